The van der Waals surface area contributed by atoms with Gasteiger partial charge in [0.25, 0.3) is 0 Å². The van der Waals surface area contributed by atoms with E-state index in [9.17, 15) is 19.6 Å². The molecule has 2 aromatic heterocycles. The first-order chi connectivity index (χ1) is 17.4. The van der Waals surface area contributed by atoms with Gasteiger partial charge in [-0.3, -0.25) is 19.8 Å². The summed E-state index contributed by atoms with van der Waals surface area (Å²) in [5.74, 6) is 0.973. The maximum Gasteiger partial charge on any atom is 0.328 e. The largest absolute Gasteiger partial charge is 0.490 e. The van der Waals surface area contributed by atoms with E-state index in [1.807, 2.05) is 19.1 Å². The Labute approximate surface area is 209 Å². The summed E-state index contributed by atoms with van der Waals surface area (Å²) in [5.41, 5.74) is 1.97. The molecule has 4 heterocycles. The number of aldehydes is 1. The third kappa shape index (κ3) is 5.28. The van der Waals surface area contributed by atoms with Crippen LogP contribution in [0, 0.1) is 17.2 Å². The summed E-state index contributed by atoms with van der Waals surface area (Å²) in [5, 5.41) is 12.0. The van der Waals surface area contributed by atoms with Crippen LogP contribution in [0.5, 0.6) is 5.75 Å². The van der Waals surface area contributed by atoms with Crippen molar-refractivity contribution in [3.05, 3.63) is 40.7 Å². The first-order valence-electron chi connectivity index (χ1n) is 11.8. The molecule has 188 valence electrons. The number of nitriles is 1. The molecule has 2 aliphatic rings. The number of aryl methyl sites for hydroxylation is 1. The molecule has 1 atom stereocenters. The van der Waals surface area contributed by atoms with E-state index in [2.05, 4.69) is 15.3 Å². The van der Waals surface area contributed by atoms with Crippen molar-refractivity contribution in [1.29, 1.82) is 5.26 Å². The number of pyridine rings is 2. The smallest absolute Gasteiger partial charge is 0.328 e. The van der Waals surface area contributed by atoms with Gasteiger partial charge in [-0.15, -0.1) is 0 Å². The highest BCUT2D eigenvalue weighted by atomic mass is 16.5. The highest BCUT2D eigenvalue weighted by Gasteiger charge is 2.30. The van der Waals surface area contributed by atoms with Gasteiger partial charge in [-0.05, 0) is 30.9 Å². The molecule has 11 nitrogen and oxygen atoms in total. The maximum absolute atomic E-state index is 13.2. The zero-order valence-corrected chi connectivity index (χ0v) is 20.3. The van der Waals surface area contributed by atoms with Gasteiger partial charge in [0.2, 0.25) is 5.91 Å². The Hall–Kier alpha value is -4.04. The summed E-state index contributed by atoms with van der Waals surface area (Å²) < 4.78 is 10.5. The molecule has 0 saturated carbocycles. The molecule has 0 aliphatic carbocycles. The number of aromatic nitrogens is 2. The molecule has 0 aromatic carbocycles. The number of nitrogens with one attached hydrogen (secondary N) is 1. The molecule has 0 spiro atoms. The molecular weight excluding hydrogens is 464 g/mol. The summed E-state index contributed by atoms with van der Waals surface area (Å²) in [6.45, 7) is 3.88. The predicted octanol–water partition coefficient (Wildman–Crippen LogP) is 2.54. The van der Waals surface area contributed by atoms with E-state index < -0.39 is 6.03 Å². The third-order valence-electron chi connectivity index (χ3n) is 6.32. The number of rotatable bonds is 8. The van der Waals surface area contributed by atoms with Gasteiger partial charge >= 0.3 is 6.03 Å². The van der Waals surface area contributed by atoms with E-state index in [-0.39, 0.29) is 41.3 Å². The van der Waals surface area contributed by atoms with Gasteiger partial charge in [0.05, 0.1) is 12.8 Å². The summed E-state index contributed by atoms with van der Waals surface area (Å²) in [4.78, 5) is 49.3. The molecule has 1 unspecified atom stereocenters. The average Bonchev–Trinajstić information content (AvgIpc) is 3.20. The number of nitrogens with zero attached hydrogens (tertiary/aromatic N) is 5. The van der Waals surface area contributed by atoms with E-state index >= 15 is 0 Å². The van der Waals surface area contributed by atoms with Crippen LogP contribution in [0.25, 0.3) is 0 Å². The second-order valence-electron chi connectivity index (χ2n) is 8.79. The van der Waals surface area contributed by atoms with Crippen LogP contribution >= 0.6 is 0 Å². The third-order valence-corrected chi connectivity index (χ3v) is 6.32. The Morgan fingerprint density at radius 2 is 2.17 bits per heavy atom. The van der Waals surface area contributed by atoms with Crippen molar-refractivity contribution in [1.82, 2.24) is 14.9 Å². The lowest BCUT2D eigenvalue weighted by atomic mass is 10.0. The van der Waals surface area contributed by atoms with Crippen LogP contribution in [0.2, 0.25) is 0 Å². The first kappa shape index (κ1) is 25.1. The fourth-order valence-electron chi connectivity index (χ4n) is 4.36. The molecule has 1 saturated heterocycles. The number of ether oxygens (including phenoxy) is 2. The number of hydrogen-bond acceptors (Lipinski definition) is 8. The fourth-order valence-corrected chi connectivity index (χ4v) is 4.36. The molecule has 3 amide bonds. The van der Waals surface area contributed by atoms with Crippen LogP contribution < -0.4 is 15.0 Å². The standard InChI is InChI=1S/C25H28N6O5/c1-16-5-7-30(24(16)33)14-18-10-17-4-3-6-31(23(17)28-20(18)15-32)25(34)29-22-11-21(36-9-8-35-2)19(12-26)13-27-22/h10-11,13,15-16H,3-9,14H2,1-2H3,(H,27,29,34). The van der Waals surface area contributed by atoms with Gasteiger partial charge in [0, 0.05) is 44.3 Å². The van der Waals surface area contributed by atoms with E-state index in [1.54, 1.807) is 12.0 Å². The Morgan fingerprint density at radius 1 is 1.33 bits per heavy atom. The highest BCUT2D eigenvalue weighted by Crippen LogP contribution is 2.30. The quantitative estimate of drug-likeness (QED) is 0.438. The number of likely N-dealkylation sites (tertiary alicyclic amines) is 1. The van der Waals surface area contributed by atoms with Crippen LogP contribution in [-0.2, 0) is 22.5 Å². The normalized spacial score (nSPS) is 16.9. The Morgan fingerprint density at radius 3 is 2.86 bits per heavy atom. The molecule has 4 rings (SSSR count). The fraction of sp³-hybridized carbons (Fsp3) is 0.440. The van der Waals surface area contributed by atoms with Crippen molar-refractivity contribution < 1.29 is 23.9 Å². The van der Waals surface area contributed by atoms with Crippen molar-refractivity contribution in [3.63, 3.8) is 0 Å². The van der Waals surface area contributed by atoms with Crippen molar-refractivity contribution >= 4 is 29.9 Å². The molecule has 2 aliphatic heterocycles. The lowest BCUT2D eigenvalue weighted by Gasteiger charge is -2.29. The van der Waals surface area contributed by atoms with Crippen LogP contribution in [0.3, 0.4) is 0 Å². The maximum atomic E-state index is 13.2. The van der Waals surface area contributed by atoms with E-state index in [0.29, 0.717) is 56.8 Å². The monoisotopic (exact) mass is 492 g/mol. The van der Waals surface area contributed by atoms with Gasteiger partial charge in [-0.25, -0.2) is 14.8 Å². The first-order valence-corrected chi connectivity index (χ1v) is 11.8. The van der Waals surface area contributed by atoms with Gasteiger partial charge < -0.3 is 14.4 Å². The molecule has 2 aromatic rings. The zero-order chi connectivity index (χ0) is 25.7. The second kappa shape index (κ2) is 11.1. The molecule has 36 heavy (non-hydrogen) atoms. The van der Waals surface area contributed by atoms with Crippen LogP contribution in [-0.4, -0.2) is 66.5 Å². The summed E-state index contributed by atoms with van der Waals surface area (Å²) >= 11 is 0. The van der Waals surface area contributed by atoms with Crippen molar-refractivity contribution in [2.45, 2.75) is 32.7 Å². The zero-order valence-electron chi connectivity index (χ0n) is 20.3. The van der Waals surface area contributed by atoms with E-state index in [4.69, 9.17) is 9.47 Å². The van der Waals surface area contributed by atoms with Gasteiger partial charge in [-0.1, -0.05) is 6.92 Å². The van der Waals surface area contributed by atoms with Crippen LogP contribution in [0.15, 0.2) is 18.3 Å². The number of fused-ring (bicyclic) bond motifs is 1. The Balaban J connectivity index is 1.54. The molecule has 11 heteroatoms. The Kier molecular flexibility index (Phi) is 7.75. The average molecular weight is 493 g/mol. The minimum Gasteiger partial charge on any atom is -0.490 e. The van der Waals surface area contributed by atoms with Crippen molar-refractivity contribution in [2.24, 2.45) is 5.92 Å². The lowest BCUT2D eigenvalue weighted by molar-refractivity contribution is -0.131. The van der Waals surface area contributed by atoms with Gasteiger partial charge in [0.1, 0.15) is 41.3 Å². The van der Waals surface area contributed by atoms with Crippen molar-refractivity contribution in [3.8, 4) is 11.8 Å². The molecule has 0 radical (unpaired) electrons. The summed E-state index contributed by atoms with van der Waals surface area (Å²) in [6.07, 6.45) is 4.21. The SMILES string of the molecule is COCCOc1cc(NC(=O)N2CCCc3cc(CN4CCC(C)C4=O)c(C=O)nc32)ncc1C#N. The Bertz CT molecular complexity index is 1210. The predicted molar refractivity (Wildman–Crippen MR) is 130 cm³/mol. The van der Waals surface area contributed by atoms with E-state index in [1.165, 1.54) is 17.2 Å². The molecule has 1 fully saturated rings. The number of amides is 3. The number of hydrogen-bond donors (Lipinski definition) is 1. The highest BCUT2D eigenvalue weighted by molar-refractivity contribution is 6.01. The lowest BCUT2D eigenvalue weighted by Crippen LogP contribution is -2.40. The minimum atomic E-state index is -0.461. The number of anilines is 2. The van der Waals surface area contributed by atoms with Gasteiger partial charge in [0.15, 0.2) is 6.29 Å². The summed E-state index contributed by atoms with van der Waals surface area (Å²) in [6, 6.07) is 4.91. The molecule has 0 bridgehead atoms. The van der Waals surface area contributed by atoms with Crippen LogP contribution in [0.4, 0.5) is 16.4 Å². The number of carbonyl (C=O) groups excluding carboxylic acids is 3. The van der Waals surface area contributed by atoms with E-state index in [0.717, 1.165) is 12.0 Å². The number of methoxy groups -OCH3 is 1. The number of carbonyl (C=O) groups is 3. The van der Waals surface area contributed by atoms with Crippen molar-refractivity contribution in [2.75, 3.05) is 43.6 Å². The van der Waals surface area contributed by atoms with Gasteiger partial charge in [-0.2, -0.15) is 5.26 Å². The summed E-state index contributed by atoms with van der Waals surface area (Å²) in [7, 11) is 1.54. The topological polar surface area (TPSA) is 138 Å². The minimum absolute atomic E-state index is 0.0174. The second-order valence-corrected chi connectivity index (χ2v) is 8.79. The molecular formula is C25H28N6O5. The van der Waals surface area contributed by atoms with Crippen LogP contribution in [0.1, 0.15) is 46.9 Å². The molecule has 1 N–H and O–H groups in total. The number of urea groups is 1.